The monoisotopic (exact) mass is 457 g/mol. The summed E-state index contributed by atoms with van der Waals surface area (Å²) in [5, 5.41) is 2.87. The average Bonchev–Trinajstić information content (AvgIpc) is 2.68. The number of unbranched alkanes of at least 4 members (excludes halogenated alkanes) is 4. The largest absolute Gasteiger partial charge is 0.446 e. The first-order chi connectivity index (χ1) is 14.7. The van der Waals surface area contributed by atoms with Crippen molar-refractivity contribution in [3.8, 4) is 0 Å². The number of thioether (sulfide) groups is 1. The highest BCUT2D eigenvalue weighted by molar-refractivity contribution is 8.00. The Kier molecular flexibility index (Phi) is 13.3. The number of alkyl halides is 3. The molecule has 3 nitrogen and oxygen atoms in total. The van der Waals surface area contributed by atoms with Gasteiger partial charge >= 0.3 is 5.51 Å². The quantitative estimate of drug-likeness (QED) is 0.141. The molecule has 0 fully saturated rings. The second-order valence-corrected chi connectivity index (χ2v) is 9.02. The van der Waals surface area contributed by atoms with Gasteiger partial charge in [0.25, 0.3) is 0 Å². The van der Waals surface area contributed by atoms with Crippen LogP contribution in [-0.2, 0) is 16.1 Å². The van der Waals surface area contributed by atoms with Crippen molar-refractivity contribution in [2.75, 3.05) is 13.2 Å². The van der Waals surface area contributed by atoms with E-state index in [0.29, 0.717) is 25.7 Å². The lowest BCUT2D eigenvalue weighted by Crippen LogP contribution is -2.25. The summed E-state index contributed by atoms with van der Waals surface area (Å²) >= 11 is -0.107. The fourth-order valence-electron chi connectivity index (χ4n) is 2.68. The van der Waals surface area contributed by atoms with Gasteiger partial charge < -0.3 is 10.1 Å². The summed E-state index contributed by atoms with van der Waals surface area (Å²) in [7, 11) is 0. The Morgan fingerprint density at radius 3 is 2.45 bits per heavy atom. The summed E-state index contributed by atoms with van der Waals surface area (Å²) in [6.07, 6.45) is 10.9. The van der Waals surface area contributed by atoms with E-state index in [1.165, 1.54) is 12.1 Å². The Labute approximate surface area is 188 Å². The summed E-state index contributed by atoms with van der Waals surface area (Å²) in [6.45, 7) is 7.78. The molecule has 1 N–H and O–H groups in total. The minimum absolute atomic E-state index is 0.0491. The molecular formula is C24H34F3NO2S. The summed E-state index contributed by atoms with van der Waals surface area (Å²) in [6, 6.07) is 6.29. The van der Waals surface area contributed by atoms with E-state index in [-0.39, 0.29) is 22.6 Å². The number of rotatable bonds is 14. The zero-order chi connectivity index (χ0) is 23.1. The van der Waals surface area contributed by atoms with Gasteiger partial charge in [-0.15, -0.1) is 0 Å². The fourth-order valence-corrected chi connectivity index (χ4v) is 3.22. The maximum absolute atomic E-state index is 12.3. The van der Waals surface area contributed by atoms with Crippen LogP contribution in [0.25, 0.3) is 0 Å². The van der Waals surface area contributed by atoms with Crippen molar-refractivity contribution in [1.82, 2.24) is 5.32 Å². The number of halogens is 3. The Bertz CT molecular complexity index is 698. The van der Waals surface area contributed by atoms with Gasteiger partial charge in [0, 0.05) is 24.1 Å². The molecule has 0 saturated heterocycles. The zero-order valence-electron chi connectivity index (χ0n) is 18.6. The van der Waals surface area contributed by atoms with Crippen LogP contribution in [0.4, 0.5) is 13.2 Å². The van der Waals surface area contributed by atoms with Crippen molar-refractivity contribution < 1.29 is 22.7 Å². The lowest BCUT2D eigenvalue weighted by Gasteiger charge is -2.07. The molecule has 174 valence electrons. The van der Waals surface area contributed by atoms with Crippen molar-refractivity contribution >= 4 is 17.7 Å². The van der Waals surface area contributed by atoms with Crippen molar-refractivity contribution in [2.45, 2.75) is 69.9 Å². The second-order valence-electron chi connectivity index (χ2n) is 7.88. The Balaban J connectivity index is 2.06. The van der Waals surface area contributed by atoms with Gasteiger partial charge in [-0.3, -0.25) is 4.79 Å². The van der Waals surface area contributed by atoms with E-state index in [1.807, 2.05) is 13.0 Å². The smallest absolute Gasteiger partial charge is 0.377 e. The lowest BCUT2D eigenvalue weighted by molar-refractivity contribution is -0.116. The molecule has 0 unspecified atom stereocenters. The number of hydrogen-bond acceptors (Lipinski definition) is 3. The van der Waals surface area contributed by atoms with Crippen molar-refractivity contribution in [2.24, 2.45) is 5.92 Å². The molecule has 7 heteroatoms. The zero-order valence-corrected chi connectivity index (χ0v) is 19.5. The number of benzene rings is 1. The third-order valence-electron chi connectivity index (χ3n) is 4.26. The number of hydrogen-bond donors (Lipinski definition) is 1. The Morgan fingerprint density at radius 2 is 1.81 bits per heavy atom. The number of ether oxygens (including phenoxy) is 1. The number of carbonyl (C=O) groups is 1. The summed E-state index contributed by atoms with van der Waals surface area (Å²) < 4.78 is 42.5. The van der Waals surface area contributed by atoms with Crippen LogP contribution < -0.4 is 5.32 Å². The fraction of sp³-hybridized carbons (Fsp3) is 0.542. The van der Waals surface area contributed by atoms with Crippen LogP contribution in [0.5, 0.6) is 0 Å². The van der Waals surface area contributed by atoms with Crippen molar-refractivity contribution in [3.63, 3.8) is 0 Å². The number of amides is 1. The first kappa shape index (κ1) is 27.3. The minimum Gasteiger partial charge on any atom is -0.377 e. The maximum Gasteiger partial charge on any atom is 0.446 e. The van der Waals surface area contributed by atoms with E-state index in [1.54, 1.807) is 18.2 Å². The molecule has 0 aliphatic rings. The highest BCUT2D eigenvalue weighted by atomic mass is 32.2. The standard InChI is InChI=1S/C24H34F3NO2S/c1-19(2)17-28-23(29)16-20(3)10-8-6-4-5-7-9-15-30-18-21-11-13-22(14-12-21)31-24(25,26)27/h8,10-14,16,19H,4-7,9,15,17-18H2,1-3H3,(H,28,29). The van der Waals surface area contributed by atoms with Crippen LogP contribution in [-0.4, -0.2) is 24.6 Å². The SMILES string of the molecule is CC(C=CCCCCCCOCc1ccc(SC(F)(F)F)cc1)=CC(=O)NCC(C)C. The number of allylic oxidation sites excluding steroid dienone is 3. The normalized spacial score (nSPS) is 12.7. The highest BCUT2D eigenvalue weighted by Gasteiger charge is 2.28. The maximum atomic E-state index is 12.3. The van der Waals surface area contributed by atoms with Gasteiger partial charge in [-0.2, -0.15) is 13.2 Å². The van der Waals surface area contributed by atoms with E-state index in [4.69, 9.17) is 4.74 Å². The molecule has 0 aliphatic carbocycles. The summed E-state index contributed by atoms with van der Waals surface area (Å²) in [4.78, 5) is 11.9. The molecular weight excluding hydrogens is 423 g/mol. The molecule has 0 heterocycles. The first-order valence-corrected chi connectivity index (χ1v) is 11.5. The van der Waals surface area contributed by atoms with E-state index < -0.39 is 5.51 Å². The van der Waals surface area contributed by atoms with E-state index in [0.717, 1.165) is 43.2 Å². The van der Waals surface area contributed by atoms with Gasteiger partial charge in [0.05, 0.1) is 6.61 Å². The highest BCUT2D eigenvalue weighted by Crippen LogP contribution is 2.36. The summed E-state index contributed by atoms with van der Waals surface area (Å²) in [5.74, 6) is 0.392. The third-order valence-corrected chi connectivity index (χ3v) is 5.00. The van der Waals surface area contributed by atoms with E-state index in [2.05, 4.69) is 25.2 Å². The molecule has 0 saturated carbocycles. The van der Waals surface area contributed by atoms with E-state index in [9.17, 15) is 18.0 Å². The lowest BCUT2D eigenvalue weighted by atomic mass is 10.1. The predicted octanol–water partition coefficient (Wildman–Crippen LogP) is 7.04. The molecule has 1 rings (SSSR count). The molecule has 31 heavy (non-hydrogen) atoms. The summed E-state index contributed by atoms with van der Waals surface area (Å²) in [5.41, 5.74) is -2.44. The van der Waals surface area contributed by atoms with Gasteiger partial charge in [-0.05, 0) is 67.1 Å². The predicted molar refractivity (Wildman–Crippen MR) is 122 cm³/mol. The molecule has 0 spiro atoms. The topological polar surface area (TPSA) is 38.3 Å². The van der Waals surface area contributed by atoms with Crippen LogP contribution in [0.2, 0.25) is 0 Å². The van der Waals surface area contributed by atoms with Crippen molar-refractivity contribution in [3.05, 3.63) is 53.6 Å². The molecule has 0 radical (unpaired) electrons. The first-order valence-electron chi connectivity index (χ1n) is 10.7. The minimum atomic E-state index is -4.26. The number of carbonyl (C=O) groups excluding carboxylic acids is 1. The second kappa shape index (κ2) is 15.1. The Morgan fingerprint density at radius 1 is 1.13 bits per heavy atom. The van der Waals surface area contributed by atoms with Crippen molar-refractivity contribution in [1.29, 1.82) is 0 Å². The third kappa shape index (κ3) is 15.7. The molecule has 1 amide bonds. The van der Waals surface area contributed by atoms with Gasteiger partial charge in [0.2, 0.25) is 5.91 Å². The Hall–Kier alpha value is -1.73. The van der Waals surface area contributed by atoms with Crippen LogP contribution in [0.1, 0.15) is 58.4 Å². The molecule has 0 aromatic heterocycles. The van der Waals surface area contributed by atoms with Gasteiger partial charge in [-0.1, -0.05) is 51.0 Å². The molecule has 0 bridgehead atoms. The van der Waals surface area contributed by atoms with Gasteiger partial charge in [0.15, 0.2) is 0 Å². The van der Waals surface area contributed by atoms with Gasteiger partial charge in [-0.25, -0.2) is 0 Å². The number of nitrogens with one attached hydrogen (secondary N) is 1. The van der Waals surface area contributed by atoms with Crippen LogP contribution in [0.15, 0.2) is 53.0 Å². The average molecular weight is 458 g/mol. The molecule has 1 aromatic carbocycles. The van der Waals surface area contributed by atoms with Crippen LogP contribution >= 0.6 is 11.8 Å². The molecule has 0 atom stereocenters. The van der Waals surface area contributed by atoms with Crippen LogP contribution in [0.3, 0.4) is 0 Å². The van der Waals surface area contributed by atoms with Gasteiger partial charge in [0.1, 0.15) is 0 Å². The van der Waals surface area contributed by atoms with Crippen LogP contribution in [0, 0.1) is 5.92 Å². The molecule has 1 aromatic rings. The molecule has 0 aliphatic heterocycles. The van der Waals surface area contributed by atoms with E-state index >= 15 is 0 Å².